The summed E-state index contributed by atoms with van der Waals surface area (Å²) in [5.41, 5.74) is 0. The zero-order valence-electron chi connectivity index (χ0n) is 10.1. The van der Waals surface area contributed by atoms with Crippen molar-refractivity contribution in [2.75, 3.05) is 26.4 Å². The lowest BCUT2D eigenvalue weighted by Crippen LogP contribution is -2.43. The third-order valence-corrected chi connectivity index (χ3v) is 5.30. The summed E-state index contributed by atoms with van der Waals surface area (Å²) < 4.78 is 26.0. The average Bonchev–Trinajstić information content (AvgIpc) is 2.16. The van der Waals surface area contributed by atoms with E-state index in [9.17, 15) is 8.42 Å². The first kappa shape index (κ1) is 15.2. The molecule has 1 atom stereocenters. The van der Waals surface area contributed by atoms with Gasteiger partial charge in [-0.1, -0.05) is 0 Å². The van der Waals surface area contributed by atoms with E-state index in [1.165, 1.54) is 0 Å². The Hall–Kier alpha value is 0.220. The summed E-state index contributed by atoms with van der Waals surface area (Å²) in [5, 5.41) is 2.46. The summed E-state index contributed by atoms with van der Waals surface area (Å²) in [7, 11) is -1.44. The van der Waals surface area contributed by atoms with Gasteiger partial charge in [0.1, 0.15) is 0 Å². The zero-order valence-corrected chi connectivity index (χ0v) is 11.8. The Bertz CT molecular complexity index is 276. The van der Waals surface area contributed by atoms with Gasteiger partial charge in [-0.05, 0) is 34.1 Å². The van der Waals surface area contributed by atoms with E-state index in [0.717, 1.165) is 0 Å². The van der Waals surface area contributed by atoms with Crippen LogP contribution in [0.4, 0.5) is 0 Å². The fraction of sp³-hybridized carbons (Fsp3) is 1.00. The maximum atomic E-state index is 11.7. The van der Waals surface area contributed by atoms with Crippen molar-refractivity contribution < 1.29 is 8.42 Å². The molecular weight excluding hydrogens is 232 g/mol. The van der Waals surface area contributed by atoms with Crippen LogP contribution >= 0.6 is 11.8 Å². The highest BCUT2D eigenvalue weighted by Gasteiger charge is 2.23. The van der Waals surface area contributed by atoms with Crippen LogP contribution in [-0.4, -0.2) is 44.8 Å². The van der Waals surface area contributed by atoms with Crippen molar-refractivity contribution in [3.05, 3.63) is 0 Å². The molecule has 2 N–H and O–H groups in total. The maximum absolute atomic E-state index is 11.7. The highest BCUT2D eigenvalue weighted by molar-refractivity contribution is 8.00. The van der Waals surface area contributed by atoms with Gasteiger partial charge in [-0.15, -0.1) is 0 Å². The Morgan fingerprint density at radius 3 is 2.33 bits per heavy atom. The van der Waals surface area contributed by atoms with Crippen LogP contribution in [-0.2, 0) is 10.0 Å². The van der Waals surface area contributed by atoms with Gasteiger partial charge in [-0.2, -0.15) is 11.8 Å². The van der Waals surface area contributed by atoms with E-state index in [-0.39, 0.29) is 4.75 Å². The van der Waals surface area contributed by atoms with E-state index >= 15 is 0 Å². The van der Waals surface area contributed by atoms with E-state index in [4.69, 9.17) is 0 Å². The van der Waals surface area contributed by atoms with Gasteiger partial charge in [0.05, 0.1) is 5.25 Å². The van der Waals surface area contributed by atoms with E-state index in [2.05, 4.69) is 10.0 Å². The maximum Gasteiger partial charge on any atom is 0.215 e. The third kappa shape index (κ3) is 5.75. The molecule has 0 aliphatic carbocycles. The molecule has 0 aromatic heterocycles. The topological polar surface area (TPSA) is 58.2 Å². The lowest BCUT2D eigenvalue weighted by Gasteiger charge is -2.23. The fourth-order valence-electron chi connectivity index (χ4n) is 0.886. The predicted octanol–water partition coefficient (Wildman–Crippen LogP) is 0.655. The van der Waals surface area contributed by atoms with Crippen molar-refractivity contribution in [2.45, 2.75) is 30.8 Å². The van der Waals surface area contributed by atoms with Gasteiger partial charge in [0, 0.05) is 17.8 Å². The van der Waals surface area contributed by atoms with Crippen LogP contribution in [0.1, 0.15) is 20.8 Å². The quantitative estimate of drug-likeness (QED) is 0.700. The largest absolute Gasteiger partial charge is 0.318 e. The Morgan fingerprint density at radius 2 is 1.93 bits per heavy atom. The SMILES string of the molecule is CNCC(C)S(=O)(=O)NCC(C)(C)SC. The number of sulfonamides is 1. The molecule has 0 aromatic rings. The minimum atomic E-state index is -3.19. The Morgan fingerprint density at radius 1 is 1.40 bits per heavy atom. The fourth-order valence-corrected chi connectivity index (χ4v) is 2.43. The second-order valence-electron chi connectivity index (χ2n) is 4.20. The minimum absolute atomic E-state index is 0.0631. The van der Waals surface area contributed by atoms with Crippen molar-refractivity contribution in [1.82, 2.24) is 10.0 Å². The van der Waals surface area contributed by atoms with Crippen molar-refractivity contribution in [3.63, 3.8) is 0 Å². The zero-order chi connectivity index (χ0) is 12.1. The summed E-state index contributed by atoms with van der Waals surface area (Å²) >= 11 is 1.65. The van der Waals surface area contributed by atoms with Gasteiger partial charge in [-0.25, -0.2) is 13.1 Å². The van der Waals surface area contributed by atoms with Gasteiger partial charge in [-0.3, -0.25) is 0 Å². The van der Waals surface area contributed by atoms with E-state index in [1.807, 2.05) is 20.1 Å². The Kier molecular flexibility index (Phi) is 6.17. The van der Waals surface area contributed by atoms with Crippen molar-refractivity contribution >= 4 is 21.8 Å². The number of thioether (sulfide) groups is 1. The molecule has 0 rings (SSSR count). The van der Waals surface area contributed by atoms with Gasteiger partial charge in [0.15, 0.2) is 0 Å². The molecule has 4 nitrogen and oxygen atoms in total. The van der Waals surface area contributed by atoms with Crippen molar-refractivity contribution in [2.24, 2.45) is 0 Å². The summed E-state index contributed by atoms with van der Waals surface area (Å²) in [6.07, 6.45) is 1.98. The summed E-state index contributed by atoms with van der Waals surface area (Å²) in [6, 6.07) is 0. The van der Waals surface area contributed by atoms with E-state index in [0.29, 0.717) is 13.1 Å². The van der Waals surface area contributed by atoms with E-state index in [1.54, 1.807) is 25.7 Å². The molecule has 0 radical (unpaired) electrons. The van der Waals surface area contributed by atoms with E-state index < -0.39 is 15.3 Å². The lowest BCUT2D eigenvalue weighted by atomic mass is 10.2. The second-order valence-corrected chi connectivity index (χ2v) is 7.90. The van der Waals surface area contributed by atoms with Crippen LogP contribution < -0.4 is 10.0 Å². The van der Waals surface area contributed by atoms with Gasteiger partial charge >= 0.3 is 0 Å². The first-order valence-corrected chi connectivity index (χ1v) is 7.70. The molecule has 0 heterocycles. The van der Waals surface area contributed by atoms with Crippen LogP contribution in [0.25, 0.3) is 0 Å². The highest BCUT2D eigenvalue weighted by atomic mass is 32.2. The smallest absolute Gasteiger partial charge is 0.215 e. The first-order chi connectivity index (χ1) is 6.75. The van der Waals surface area contributed by atoms with Crippen molar-refractivity contribution in [1.29, 1.82) is 0 Å². The van der Waals surface area contributed by atoms with Crippen LogP contribution in [0.5, 0.6) is 0 Å². The number of nitrogens with one attached hydrogen (secondary N) is 2. The predicted molar refractivity (Wildman–Crippen MR) is 67.9 cm³/mol. The minimum Gasteiger partial charge on any atom is -0.318 e. The molecule has 0 amide bonds. The number of hydrogen-bond acceptors (Lipinski definition) is 4. The summed E-state index contributed by atoms with van der Waals surface area (Å²) in [5.74, 6) is 0. The molecule has 0 aliphatic rings. The second kappa shape index (κ2) is 6.08. The molecule has 6 heteroatoms. The standard InChI is InChI=1S/C9H22N2O2S2/c1-8(6-10-4)15(12,13)11-7-9(2,3)14-5/h8,10-11H,6-7H2,1-5H3. The molecule has 0 bridgehead atoms. The molecule has 0 saturated carbocycles. The molecule has 15 heavy (non-hydrogen) atoms. The molecule has 1 unspecified atom stereocenters. The van der Waals surface area contributed by atoms with Gasteiger partial charge in [0.2, 0.25) is 10.0 Å². The highest BCUT2D eigenvalue weighted by Crippen LogP contribution is 2.20. The monoisotopic (exact) mass is 254 g/mol. The average molecular weight is 254 g/mol. The third-order valence-electron chi connectivity index (χ3n) is 2.27. The van der Waals surface area contributed by atoms with Crippen LogP contribution in [0.2, 0.25) is 0 Å². The molecule has 0 fully saturated rings. The molecule has 0 aliphatic heterocycles. The van der Waals surface area contributed by atoms with Crippen molar-refractivity contribution in [3.8, 4) is 0 Å². The summed E-state index contributed by atoms with van der Waals surface area (Å²) in [6.45, 7) is 6.66. The number of rotatable bonds is 7. The lowest BCUT2D eigenvalue weighted by molar-refractivity contribution is 0.554. The Labute approximate surface area is 97.6 Å². The Balaban J connectivity index is 4.28. The van der Waals surface area contributed by atoms with Crippen LogP contribution in [0.15, 0.2) is 0 Å². The van der Waals surface area contributed by atoms with Crippen LogP contribution in [0.3, 0.4) is 0 Å². The first-order valence-electron chi connectivity index (χ1n) is 4.93. The molecular formula is C9H22N2O2S2. The molecule has 0 saturated heterocycles. The van der Waals surface area contributed by atoms with Crippen LogP contribution in [0, 0.1) is 0 Å². The molecule has 0 aromatic carbocycles. The molecule has 0 spiro atoms. The van der Waals surface area contributed by atoms with Gasteiger partial charge < -0.3 is 5.32 Å². The van der Waals surface area contributed by atoms with Gasteiger partial charge in [0.25, 0.3) is 0 Å². The normalized spacial score (nSPS) is 15.3. The molecule has 92 valence electrons. The summed E-state index contributed by atoms with van der Waals surface area (Å²) in [4.78, 5) is 0. The number of hydrogen-bond donors (Lipinski definition) is 2.